The predicted octanol–water partition coefficient (Wildman–Crippen LogP) is 4.27. The average molecular weight is 184 g/mol. The fourth-order valence-electron chi connectivity index (χ4n) is 1.74. The molecule has 0 N–H and O–H groups in total. The molecule has 2 aromatic rings. The fraction of sp³-hybridized carbons (Fsp3) is 0.286. The quantitative estimate of drug-likeness (QED) is 0.620. The number of fused-ring (bicyclic) bond motifs is 1. The van der Waals surface area contributed by atoms with Crippen LogP contribution in [0.4, 0.5) is 0 Å². The van der Waals surface area contributed by atoms with E-state index in [9.17, 15) is 0 Å². The Bertz CT molecular complexity index is 453. The van der Waals surface area contributed by atoms with Crippen molar-refractivity contribution in [3.05, 3.63) is 47.5 Å². The molecule has 0 nitrogen and oxygen atoms in total. The molecule has 0 heteroatoms. The monoisotopic (exact) mass is 184 g/mol. The first kappa shape index (κ1) is 9.26. The topological polar surface area (TPSA) is 0 Å². The van der Waals surface area contributed by atoms with Crippen molar-refractivity contribution in [2.45, 2.75) is 26.7 Å². The Hall–Kier alpha value is -1.30. The van der Waals surface area contributed by atoms with Gasteiger partial charge in [-0.05, 0) is 29.2 Å². The fourth-order valence-corrected chi connectivity index (χ4v) is 1.74. The molecule has 0 fully saturated rings. The van der Waals surface area contributed by atoms with Crippen LogP contribution in [0.1, 0.15) is 30.9 Å². The van der Waals surface area contributed by atoms with E-state index in [1.54, 1.807) is 0 Å². The van der Waals surface area contributed by atoms with Crippen LogP contribution in [0, 0.1) is 6.92 Å². The van der Waals surface area contributed by atoms with Gasteiger partial charge in [-0.25, -0.2) is 0 Å². The van der Waals surface area contributed by atoms with Crippen LogP contribution in [0.5, 0.6) is 0 Å². The van der Waals surface area contributed by atoms with Crippen LogP contribution >= 0.6 is 0 Å². The van der Waals surface area contributed by atoms with Gasteiger partial charge in [0.25, 0.3) is 0 Å². The largest absolute Gasteiger partial charge is 0.0587 e. The lowest BCUT2D eigenvalue weighted by Gasteiger charge is -2.07. The molecule has 0 heterocycles. The van der Waals surface area contributed by atoms with Crippen molar-refractivity contribution in [2.75, 3.05) is 0 Å². The highest BCUT2D eigenvalue weighted by atomic mass is 14.0. The van der Waals surface area contributed by atoms with E-state index in [2.05, 4.69) is 57.2 Å². The third-order valence-corrected chi connectivity index (χ3v) is 2.69. The first-order valence-corrected chi connectivity index (χ1v) is 5.17. The van der Waals surface area contributed by atoms with E-state index < -0.39 is 0 Å². The summed E-state index contributed by atoms with van der Waals surface area (Å²) in [5.41, 5.74) is 2.75. The van der Waals surface area contributed by atoms with E-state index in [1.807, 2.05) is 0 Å². The van der Waals surface area contributed by atoms with E-state index >= 15 is 0 Å². The van der Waals surface area contributed by atoms with Gasteiger partial charge < -0.3 is 0 Å². The zero-order chi connectivity index (χ0) is 10.1. The Kier molecular flexibility index (Phi) is 2.28. The summed E-state index contributed by atoms with van der Waals surface area (Å²) < 4.78 is 0. The molecule has 0 spiro atoms. The zero-order valence-electron chi connectivity index (χ0n) is 9.04. The first-order chi connectivity index (χ1) is 6.66. The summed E-state index contributed by atoms with van der Waals surface area (Å²) in [4.78, 5) is 0. The zero-order valence-corrected chi connectivity index (χ0v) is 9.04. The maximum absolute atomic E-state index is 2.30. The van der Waals surface area contributed by atoms with E-state index in [-0.39, 0.29) is 0 Å². The summed E-state index contributed by atoms with van der Waals surface area (Å²) >= 11 is 0. The van der Waals surface area contributed by atoms with Crippen LogP contribution in [0.15, 0.2) is 36.4 Å². The minimum atomic E-state index is 0.611. The number of hydrogen-bond acceptors (Lipinski definition) is 0. The molecule has 0 unspecified atom stereocenters. The van der Waals surface area contributed by atoms with Crippen molar-refractivity contribution in [1.29, 1.82) is 0 Å². The number of rotatable bonds is 1. The highest BCUT2D eigenvalue weighted by Crippen LogP contribution is 2.22. The van der Waals surface area contributed by atoms with Crippen molar-refractivity contribution in [1.82, 2.24) is 0 Å². The summed E-state index contributed by atoms with van der Waals surface area (Å²) in [7, 11) is 0. The van der Waals surface area contributed by atoms with Crippen molar-refractivity contribution >= 4 is 10.8 Å². The summed E-state index contributed by atoms with van der Waals surface area (Å²) in [6.07, 6.45) is 0. The van der Waals surface area contributed by atoms with E-state index in [0.29, 0.717) is 5.92 Å². The third-order valence-electron chi connectivity index (χ3n) is 2.69. The lowest BCUT2D eigenvalue weighted by atomic mass is 9.98. The minimum absolute atomic E-state index is 0.611. The van der Waals surface area contributed by atoms with Crippen LogP contribution < -0.4 is 0 Å². The van der Waals surface area contributed by atoms with Crippen molar-refractivity contribution in [2.24, 2.45) is 0 Å². The molecule has 0 saturated carbocycles. The van der Waals surface area contributed by atoms with Crippen molar-refractivity contribution in [3.63, 3.8) is 0 Å². The van der Waals surface area contributed by atoms with Crippen LogP contribution in [0.2, 0.25) is 0 Å². The second-order valence-electron chi connectivity index (χ2n) is 4.26. The summed E-state index contributed by atoms with van der Waals surface area (Å²) in [6.45, 7) is 6.61. The first-order valence-electron chi connectivity index (χ1n) is 5.17. The molecule has 0 bridgehead atoms. The summed E-state index contributed by atoms with van der Waals surface area (Å²) in [6, 6.07) is 13.3. The normalized spacial score (nSPS) is 11.1. The second-order valence-corrected chi connectivity index (χ2v) is 4.26. The number of benzene rings is 2. The SMILES string of the molecule is Cc1ccc2ccc(C(C)C)cc2c1. The van der Waals surface area contributed by atoms with E-state index in [0.717, 1.165) is 0 Å². The molecule has 0 amide bonds. The van der Waals surface area contributed by atoms with E-state index in [1.165, 1.54) is 21.9 Å². The smallest absolute Gasteiger partial charge is 0.0179 e. The third kappa shape index (κ3) is 1.65. The lowest BCUT2D eigenvalue weighted by Crippen LogP contribution is -1.86. The molecule has 0 aromatic heterocycles. The van der Waals surface area contributed by atoms with Gasteiger partial charge in [0.15, 0.2) is 0 Å². The van der Waals surface area contributed by atoms with Gasteiger partial charge in [-0.2, -0.15) is 0 Å². The van der Waals surface area contributed by atoms with Crippen LogP contribution in [0.3, 0.4) is 0 Å². The Morgan fingerprint density at radius 1 is 0.857 bits per heavy atom. The second kappa shape index (κ2) is 3.45. The molecule has 2 aromatic carbocycles. The highest BCUT2D eigenvalue weighted by Gasteiger charge is 2.00. The molecule has 0 aliphatic carbocycles. The number of hydrogen-bond donors (Lipinski definition) is 0. The van der Waals surface area contributed by atoms with Gasteiger partial charge in [0, 0.05) is 0 Å². The Labute approximate surface area is 85.6 Å². The maximum atomic E-state index is 2.30. The van der Waals surface area contributed by atoms with E-state index in [4.69, 9.17) is 0 Å². The van der Waals surface area contributed by atoms with Crippen molar-refractivity contribution < 1.29 is 0 Å². The van der Waals surface area contributed by atoms with Gasteiger partial charge >= 0.3 is 0 Å². The van der Waals surface area contributed by atoms with Gasteiger partial charge in [0.05, 0.1) is 0 Å². The molecule has 72 valence electrons. The number of aryl methyl sites for hydroxylation is 1. The molecule has 0 radical (unpaired) electrons. The predicted molar refractivity (Wildman–Crippen MR) is 62.8 cm³/mol. The van der Waals surface area contributed by atoms with Gasteiger partial charge in [-0.3, -0.25) is 0 Å². The van der Waals surface area contributed by atoms with Crippen LogP contribution in [-0.2, 0) is 0 Å². The molecule has 14 heavy (non-hydrogen) atoms. The average Bonchev–Trinajstić information content (AvgIpc) is 2.16. The highest BCUT2D eigenvalue weighted by molar-refractivity contribution is 5.83. The van der Waals surface area contributed by atoms with Gasteiger partial charge in [0.2, 0.25) is 0 Å². The molecular weight excluding hydrogens is 168 g/mol. The molecule has 0 aliphatic rings. The molecule has 0 atom stereocenters. The molecule has 0 saturated heterocycles. The minimum Gasteiger partial charge on any atom is -0.0587 e. The Morgan fingerprint density at radius 3 is 2.29 bits per heavy atom. The van der Waals surface area contributed by atoms with Crippen LogP contribution in [-0.4, -0.2) is 0 Å². The van der Waals surface area contributed by atoms with Crippen LogP contribution in [0.25, 0.3) is 10.8 Å². The summed E-state index contributed by atoms with van der Waals surface area (Å²) in [5.74, 6) is 0.611. The summed E-state index contributed by atoms with van der Waals surface area (Å²) in [5, 5.41) is 2.69. The maximum Gasteiger partial charge on any atom is -0.0179 e. The van der Waals surface area contributed by atoms with Gasteiger partial charge in [0.1, 0.15) is 0 Å². The standard InChI is InChI=1S/C14H16/c1-10(2)13-7-6-12-5-4-11(3)8-14(12)9-13/h4-10H,1-3H3. The Morgan fingerprint density at radius 2 is 1.57 bits per heavy atom. The van der Waals surface area contributed by atoms with Gasteiger partial charge in [-0.1, -0.05) is 55.8 Å². The van der Waals surface area contributed by atoms with Gasteiger partial charge in [-0.15, -0.1) is 0 Å². The molecule has 0 aliphatic heterocycles. The Balaban J connectivity index is 2.63. The molecule has 2 rings (SSSR count). The van der Waals surface area contributed by atoms with Crippen molar-refractivity contribution in [3.8, 4) is 0 Å². The molecular formula is C14H16. The lowest BCUT2D eigenvalue weighted by molar-refractivity contribution is 0.869.